The number of carboxylic acids is 1. The van der Waals surface area contributed by atoms with Gasteiger partial charge in [-0.05, 0) is 18.6 Å². The highest BCUT2D eigenvalue weighted by Gasteiger charge is 2.11. The predicted octanol–water partition coefficient (Wildman–Crippen LogP) is 1.60. The second-order valence-electron chi connectivity index (χ2n) is 3.12. The van der Waals surface area contributed by atoms with Crippen LogP contribution < -0.4 is 0 Å². The molecule has 0 saturated heterocycles. The van der Waals surface area contributed by atoms with E-state index in [-0.39, 0.29) is 5.92 Å². The highest BCUT2D eigenvalue weighted by molar-refractivity contribution is 7.99. The van der Waals surface area contributed by atoms with E-state index in [9.17, 15) is 4.79 Å². The lowest BCUT2D eigenvalue weighted by atomic mass is 10.2. The second kappa shape index (κ2) is 4.95. The van der Waals surface area contributed by atoms with Gasteiger partial charge in [0.15, 0.2) is 0 Å². The Morgan fingerprint density at radius 3 is 3.00 bits per heavy atom. The number of rotatable bonds is 4. The molecule has 0 spiro atoms. The van der Waals surface area contributed by atoms with Gasteiger partial charge in [0, 0.05) is 5.75 Å². The molecule has 1 atom stereocenters. The van der Waals surface area contributed by atoms with Gasteiger partial charge in [0.25, 0.3) is 0 Å². The van der Waals surface area contributed by atoms with Crippen molar-refractivity contribution in [3.05, 3.63) is 17.8 Å². The molecule has 4 nitrogen and oxygen atoms in total. The minimum absolute atomic E-state index is 0.359. The number of aryl methyl sites for hydroxylation is 1. The standard InChI is InChI=1S/C9H12N2O2S/c1-6-3-8(11-10-4-6)14-5-7(2)9(12)13/h3-4,7H,5H2,1-2H3,(H,12,13). The lowest BCUT2D eigenvalue weighted by Gasteiger charge is -2.04. The van der Waals surface area contributed by atoms with E-state index < -0.39 is 5.97 Å². The minimum Gasteiger partial charge on any atom is -0.481 e. The average molecular weight is 212 g/mol. The molecule has 1 N–H and O–H groups in total. The third-order valence-corrected chi connectivity index (χ3v) is 2.83. The topological polar surface area (TPSA) is 63.1 Å². The number of hydrogen-bond donors (Lipinski definition) is 1. The minimum atomic E-state index is -0.780. The van der Waals surface area contributed by atoms with E-state index in [4.69, 9.17) is 5.11 Å². The largest absolute Gasteiger partial charge is 0.481 e. The van der Waals surface area contributed by atoms with Crippen LogP contribution in [0.1, 0.15) is 12.5 Å². The summed E-state index contributed by atoms with van der Waals surface area (Å²) in [6, 6.07) is 1.90. The molecule has 0 aliphatic carbocycles. The molecule has 0 aromatic carbocycles. The van der Waals surface area contributed by atoms with Gasteiger partial charge < -0.3 is 5.11 Å². The lowest BCUT2D eigenvalue weighted by Crippen LogP contribution is -2.11. The Balaban J connectivity index is 2.49. The first-order valence-electron chi connectivity index (χ1n) is 4.24. The molecule has 0 aliphatic rings. The van der Waals surface area contributed by atoms with Crippen molar-refractivity contribution in [2.75, 3.05) is 5.75 Å². The molecule has 1 aromatic rings. The first-order valence-corrected chi connectivity index (χ1v) is 5.23. The smallest absolute Gasteiger partial charge is 0.307 e. The van der Waals surface area contributed by atoms with Gasteiger partial charge in [-0.3, -0.25) is 4.79 Å². The Morgan fingerprint density at radius 1 is 1.71 bits per heavy atom. The van der Waals surface area contributed by atoms with Gasteiger partial charge in [-0.1, -0.05) is 6.92 Å². The normalized spacial score (nSPS) is 12.4. The van der Waals surface area contributed by atoms with Crippen molar-refractivity contribution < 1.29 is 9.90 Å². The maximum Gasteiger partial charge on any atom is 0.307 e. The molecule has 0 radical (unpaired) electrons. The van der Waals surface area contributed by atoms with Gasteiger partial charge in [-0.25, -0.2) is 0 Å². The highest BCUT2D eigenvalue weighted by atomic mass is 32.2. The van der Waals surface area contributed by atoms with Crippen LogP contribution in [0.5, 0.6) is 0 Å². The predicted molar refractivity (Wildman–Crippen MR) is 54.3 cm³/mol. The van der Waals surface area contributed by atoms with Crippen molar-refractivity contribution in [1.29, 1.82) is 0 Å². The number of hydrogen-bond acceptors (Lipinski definition) is 4. The fourth-order valence-electron chi connectivity index (χ4n) is 0.790. The van der Waals surface area contributed by atoms with Gasteiger partial charge >= 0.3 is 5.97 Å². The number of nitrogens with zero attached hydrogens (tertiary/aromatic N) is 2. The van der Waals surface area contributed by atoms with Crippen LogP contribution in [0, 0.1) is 12.8 Å². The van der Waals surface area contributed by atoms with Crippen LogP contribution >= 0.6 is 11.8 Å². The van der Waals surface area contributed by atoms with Crippen molar-refractivity contribution in [3.63, 3.8) is 0 Å². The van der Waals surface area contributed by atoms with E-state index in [0.717, 1.165) is 10.6 Å². The summed E-state index contributed by atoms with van der Waals surface area (Å²) >= 11 is 1.42. The van der Waals surface area contributed by atoms with Crippen LogP contribution in [0.2, 0.25) is 0 Å². The summed E-state index contributed by atoms with van der Waals surface area (Å²) in [5.41, 5.74) is 1.03. The molecule has 76 valence electrons. The van der Waals surface area contributed by atoms with E-state index in [1.807, 2.05) is 13.0 Å². The third kappa shape index (κ3) is 3.33. The molecular formula is C9H12N2O2S. The molecule has 14 heavy (non-hydrogen) atoms. The van der Waals surface area contributed by atoms with Crippen LogP contribution in [0.4, 0.5) is 0 Å². The van der Waals surface area contributed by atoms with Crippen LogP contribution in [0.25, 0.3) is 0 Å². The summed E-state index contributed by atoms with van der Waals surface area (Å²) < 4.78 is 0. The molecule has 1 unspecified atom stereocenters. The number of aromatic nitrogens is 2. The van der Waals surface area contributed by atoms with Crippen LogP contribution in [-0.4, -0.2) is 27.0 Å². The fourth-order valence-corrected chi connectivity index (χ4v) is 1.73. The third-order valence-electron chi connectivity index (χ3n) is 1.67. The van der Waals surface area contributed by atoms with E-state index in [0.29, 0.717) is 5.75 Å². The lowest BCUT2D eigenvalue weighted by molar-refractivity contribution is -0.140. The molecule has 0 amide bonds. The Morgan fingerprint density at radius 2 is 2.43 bits per heavy atom. The highest BCUT2D eigenvalue weighted by Crippen LogP contribution is 2.18. The van der Waals surface area contributed by atoms with Crippen LogP contribution in [0.3, 0.4) is 0 Å². The summed E-state index contributed by atoms with van der Waals surface area (Å²) in [6.45, 7) is 3.61. The van der Waals surface area contributed by atoms with Gasteiger partial charge in [0.2, 0.25) is 0 Å². The molecule has 1 rings (SSSR count). The molecule has 0 bridgehead atoms. The van der Waals surface area contributed by atoms with E-state index >= 15 is 0 Å². The molecule has 5 heteroatoms. The molecule has 0 fully saturated rings. The maximum absolute atomic E-state index is 10.5. The van der Waals surface area contributed by atoms with Crippen LogP contribution in [-0.2, 0) is 4.79 Å². The van der Waals surface area contributed by atoms with Gasteiger partial charge in [0.05, 0.1) is 12.1 Å². The zero-order valence-corrected chi connectivity index (χ0v) is 8.91. The molecular weight excluding hydrogens is 200 g/mol. The average Bonchev–Trinajstić information content (AvgIpc) is 2.14. The molecule has 0 aliphatic heterocycles. The summed E-state index contributed by atoms with van der Waals surface area (Å²) in [5, 5.41) is 17.1. The molecule has 1 heterocycles. The first-order chi connectivity index (χ1) is 6.59. The van der Waals surface area contributed by atoms with Crippen molar-refractivity contribution in [2.24, 2.45) is 5.92 Å². The molecule has 0 saturated carbocycles. The zero-order chi connectivity index (χ0) is 10.6. The zero-order valence-electron chi connectivity index (χ0n) is 8.10. The summed E-state index contributed by atoms with van der Waals surface area (Å²) in [6.07, 6.45) is 1.67. The van der Waals surface area contributed by atoms with Crippen molar-refractivity contribution in [2.45, 2.75) is 18.9 Å². The van der Waals surface area contributed by atoms with Crippen LogP contribution in [0.15, 0.2) is 17.3 Å². The summed E-state index contributed by atoms with van der Waals surface area (Å²) in [7, 11) is 0. The monoisotopic (exact) mass is 212 g/mol. The Bertz CT molecular complexity index is 330. The van der Waals surface area contributed by atoms with Crippen molar-refractivity contribution >= 4 is 17.7 Å². The van der Waals surface area contributed by atoms with Gasteiger partial charge in [-0.2, -0.15) is 5.10 Å². The van der Waals surface area contributed by atoms with Gasteiger partial charge in [-0.15, -0.1) is 16.9 Å². The van der Waals surface area contributed by atoms with E-state index in [1.165, 1.54) is 11.8 Å². The SMILES string of the molecule is Cc1cnnc(SCC(C)C(=O)O)c1. The Hall–Kier alpha value is -1.10. The fraction of sp³-hybridized carbons (Fsp3) is 0.444. The first kappa shape index (κ1) is 11.0. The van der Waals surface area contributed by atoms with Crippen molar-refractivity contribution in [3.8, 4) is 0 Å². The van der Waals surface area contributed by atoms with Gasteiger partial charge in [0.1, 0.15) is 5.03 Å². The number of thioether (sulfide) groups is 1. The second-order valence-corrected chi connectivity index (χ2v) is 4.16. The number of carboxylic acid groups (broad SMARTS) is 1. The molecule has 1 aromatic heterocycles. The Kier molecular flexibility index (Phi) is 3.88. The number of aliphatic carboxylic acids is 1. The number of carbonyl (C=O) groups is 1. The summed E-state index contributed by atoms with van der Waals surface area (Å²) in [5.74, 6) is -0.617. The van der Waals surface area contributed by atoms with E-state index in [1.54, 1.807) is 13.1 Å². The quantitative estimate of drug-likeness (QED) is 0.768. The van der Waals surface area contributed by atoms with E-state index in [2.05, 4.69) is 10.2 Å². The Labute approximate surface area is 86.7 Å². The van der Waals surface area contributed by atoms with Crippen molar-refractivity contribution in [1.82, 2.24) is 10.2 Å². The maximum atomic E-state index is 10.5. The summed E-state index contributed by atoms with van der Waals surface area (Å²) in [4.78, 5) is 10.5.